The van der Waals surface area contributed by atoms with Gasteiger partial charge in [0.05, 0.1) is 12.1 Å². The fourth-order valence-corrected chi connectivity index (χ4v) is 2.46. The van der Waals surface area contributed by atoms with Gasteiger partial charge in [-0.1, -0.05) is 11.6 Å². The van der Waals surface area contributed by atoms with Gasteiger partial charge in [-0.2, -0.15) is 0 Å². The second-order valence-electron chi connectivity index (χ2n) is 5.08. The van der Waals surface area contributed by atoms with Crippen molar-refractivity contribution in [2.75, 3.05) is 13.1 Å². The highest BCUT2D eigenvalue weighted by Crippen LogP contribution is 2.21. The summed E-state index contributed by atoms with van der Waals surface area (Å²) in [5.41, 5.74) is 1.47. The third-order valence-corrected chi connectivity index (χ3v) is 3.66. The van der Waals surface area contributed by atoms with E-state index in [1.807, 2.05) is 12.1 Å². The fraction of sp³-hybridized carbons (Fsp3) is 0.333. The van der Waals surface area contributed by atoms with Crippen LogP contribution in [0.15, 0.2) is 34.9 Å². The SMILES string of the molecule is Cl.O=C(Cc1coc(-c2ccc(Cl)cc2)n1)NC1CCNC1. The van der Waals surface area contributed by atoms with Crippen molar-refractivity contribution < 1.29 is 9.21 Å². The summed E-state index contributed by atoms with van der Waals surface area (Å²) in [5, 5.41) is 6.86. The molecule has 118 valence electrons. The normalized spacial score (nSPS) is 17.0. The standard InChI is InChI=1S/C15H16ClN3O2.ClH/c16-11-3-1-10(2-4-11)15-19-13(9-21-15)7-14(20)18-12-5-6-17-8-12;/h1-4,9,12,17H,5-8H2,(H,18,20);1H. The summed E-state index contributed by atoms with van der Waals surface area (Å²) in [5.74, 6) is 0.469. The number of amides is 1. The van der Waals surface area contributed by atoms with Gasteiger partial charge in [0.25, 0.3) is 0 Å². The number of hydrogen-bond donors (Lipinski definition) is 2. The Morgan fingerprint density at radius 1 is 1.41 bits per heavy atom. The zero-order valence-corrected chi connectivity index (χ0v) is 13.4. The van der Waals surface area contributed by atoms with Crippen molar-refractivity contribution in [2.45, 2.75) is 18.9 Å². The summed E-state index contributed by atoms with van der Waals surface area (Å²) >= 11 is 5.85. The van der Waals surface area contributed by atoms with Crippen LogP contribution in [0.1, 0.15) is 12.1 Å². The molecule has 2 heterocycles. The molecular weight excluding hydrogens is 325 g/mol. The molecule has 0 bridgehead atoms. The topological polar surface area (TPSA) is 67.2 Å². The van der Waals surface area contributed by atoms with E-state index in [1.54, 1.807) is 12.1 Å². The molecule has 1 amide bonds. The maximum atomic E-state index is 11.9. The molecule has 2 N–H and O–H groups in total. The molecule has 5 nitrogen and oxygen atoms in total. The minimum absolute atomic E-state index is 0. The van der Waals surface area contributed by atoms with E-state index in [2.05, 4.69) is 15.6 Å². The van der Waals surface area contributed by atoms with Gasteiger partial charge < -0.3 is 15.1 Å². The van der Waals surface area contributed by atoms with E-state index in [9.17, 15) is 4.79 Å². The van der Waals surface area contributed by atoms with Crippen molar-refractivity contribution in [1.29, 1.82) is 0 Å². The predicted molar refractivity (Wildman–Crippen MR) is 87.3 cm³/mol. The summed E-state index contributed by atoms with van der Waals surface area (Å²) in [6.07, 6.45) is 2.73. The number of nitrogens with one attached hydrogen (secondary N) is 2. The predicted octanol–water partition coefficient (Wildman–Crippen LogP) is 2.44. The Labute approximate surface area is 139 Å². The molecule has 0 radical (unpaired) electrons. The third-order valence-electron chi connectivity index (χ3n) is 3.41. The third kappa shape index (κ3) is 4.22. The lowest BCUT2D eigenvalue weighted by molar-refractivity contribution is -0.121. The summed E-state index contributed by atoms with van der Waals surface area (Å²) in [4.78, 5) is 16.3. The zero-order valence-electron chi connectivity index (χ0n) is 11.8. The second kappa shape index (κ2) is 7.63. The molecular formula is C15H17Cl2N3O2. The number of oxazole rings is 1. The molecule has 7 heteroatoms. The highest BCUT2D eigenvalue weighted by molar-refractivity contribution is 6.30. The maximum Gasteiger partial charge on any atom is 0.226 e. The van der Waals surface area contributed by atoms with Crippen LogP contribution in [0.2, 0.25) is 5.02 Å². The number of hydrogen-bond acceptors (Lipinski definition) is 4. The van der Waals surface area contributed by atoms with Gasteiger partial charge in [0.15, 0.2) is 0 Å². The summed E-state index contributed by atoms with van der Waals surface area (Å²) in [6, 6.07) is 7.45. The minimum Gasteiger partial charge on any atom is -0.444 e. The van der Waals surface area contributed by atoms with Crippen molar-refractivity contribution in [1.82, 2.24) is 15.6 Å². The Morgan fingerprint density at radius 2 is 2.18 bits per heavy atom. The van der Waals surface area contributed by atoms with Gasteiger partial charge in [0, 0.05) is 23.2 Å². The largest absolute Gasteiger partial charge is 0.444 e. The van der Waals surface area contributed by atoms with Gasteiger partial charge in [-0.15, -0.1) is 12.4 Å². The molecule has 2 aromatic rings. The quantitative estimate of drug-likeness (QED) is 0.896. The number of benzene rings is 1. The van der Waals surface area contributed by atoms with E-state index in [0.29, 0.717) is 16.6 Å². The van der Waals surface area contributed by atoms with Crippen LogP contribution in [0.4, 0.5) is 0 Å². The Balaban J connectivity index is 0.00000176. The average molecular weight is 342 g/mol. The molecule has 0 aliphatic carbocycles. The van der Waals surface area contributed by atoms with Crippen LogP contribution in [0.25, 0.3) is 11.5 Å². The number of halogens is 2. The molecule has 3 rings (SSSR count). The molecule has 1 saturated heterocycles. The first-order valence-electron chi connectivity index (χ1n) is 6.91. The summed E-state index contributed by atoms with van der Waals surface area (Å²) < 4.78 is 5.41. The van der Waals surface area contributed by atoms with E-state index < -0.39 is 0 Å². The first kappa shape index (κ1) is 16.8. The van der Waals surface area contributed by atoms with Crippen molar-refractivity contribution in [3.05, 3.63) is 41.2 Å². The highest BCUT2D eigenvalue weighted by atomic mass is 35.5. The van der Waals surface area contributed by atoms with Crippen LogP contribution >= 0.6 is 24.0 Å². The van der Waals surface area contributed by atoms with Gasteiger partial charge in [0.2, 0.25) is 11.8 Å². The average Bonchev–Trinajstić information content (AvgIpc) is 3.11. The van der Waals surface area contributed by atoms with Gasteiger partial charge in [0.1, 0.15) is 6.26 Å². The van der Waals surface area contributed by atoms with Crippen LogP contribution in [0, 0.1) is 0 Å². The second-order valence-corrected chi connectivity index (χ2v) is 5.52. The van der Waals surface area contributed by atoms with E-state index in [1.165, 1.54) is 6.26 Å². The van der Waals surface area contributed by atoms with E-state index in [4.69, 9.17) is 16.0 Å². The number of nitrogens with zero attached hydrogens (tertiary/aromatic N) is 1. The lowest BCUT2D eigenvalue weighted by Crippen LogP contribution is -2.37. The van der Waals surface area contributed by atoms with Crippen molar-refractivity contribution >= 4 is 29.9 Å². The van der Waals surface area contributed by atoms with Crippen molar-refractivity contribution in [3.63, 3.8) is 0 Å². The van der Waals surface area contributed by atoms with Crippen molar-refractivity contribution in [3.8, 4) is 11.5 Å². The summed E-state index contributed by atoms with van der Waals surface area (Å²) in [6.45, 7) is 1.79. The summed E-state index contributed by atoms with van der Waals surface area (Å²) in [7, 11) is 0. The molecule has 1 aliphatic heterocycles. The Kier molecular flexibility index (Phi) is 5.83. The number of carbonyl (C=O) groups excluding carboxylic acids is 1. The maximum absolute atomic E-state index is 11.9. The molecule has 1 aromatic carbocycles. The molecule has 1 aliphatic rings. The first-order valence-corrected chi connectivity index (χ1v) is 7.29. The Hall–Kier alpha value is -1.56. The number of rotatable bonds is 4. The Morgan fingerprint density at radius 3 is 2.86 bits per heavy atom. The van der Waals surface area contributed by atoms with Gasteiger partial charge >= 0.3 is 0 Å². The molecule has 0 spiro atoms. The van der Waals surface area contributed by atoms with Crippen LogP contribution in [0.3, 0.4) is 0 Å². The zero-order chi connectivity index (χ0) is 14.7. The minimum atomic E-state index is -0.0281. The fourth-order valence-electron chi connectivity index (χ4n) is 2.33. The molecule has 22 heavy (non-hydrogen) atoms. The lowest BCUT2D eigenvalue weighted by atomic mass is 10.2. The van der Waals surface area contributed by atoms with Crippen LogP contribution in [-0.4, -0.2) is 30.0 Å². The van der Waals surface area contributed by atoms with E-state index in [-0.39, 0.29) is 30.8 Å². The molecule has 1 unspecified atom stereocenters. The smallest absolute Gasteiger partial charge is 0.226 e. The highest BCUT2D eigenvalue weighted by Gasteiger charge is 2.17. The molecule has 1 atom stereocenters. The Bertz CT molecular complexity index is 622. The molecule has 0 saturated carbocycles. The first-order chi connectivity index (χ1) is 10.2. The van der Waals surface area contributed by atoms with Gasteiger partial charge in [-0.25, -0.2) is 4.98 Å². The van der Waals surface area contributed by atoms with Gasteiger partial charge in [-0.3, -0.25) is 4.79 Å². The van der Waals surface area contributed by atoms with Gasteiger partial charge in [-0.05, 0) is 37.2 Å². The van der Waals surface area contributed by atoms with Crippen LogP contribution in [-0.2, 0) is 11.2 Å². The monoisotopic (exact) mass is 341 g/mol. The van der Waals surface area contributed by atoms with Crippen LogP contribution < -0.4 is 10.6 Å². The number of aromatic nitrogens is 1. The number of carbonyl (C=O) groups is 1. The van der Waals surface area contributed by atoms with Crippen LogP contribution in [0.5, 0.6) is 0 Å². The van der Waals surface area contributed by atoms with E-state index >= 15 is 0 Å². The lowest BCUT2D eigenvalue weighted by Gasteiger charge is -2.09. The van der Waals surface area contributed by atoms with Crippen molar-refractivity contribution in [2.24, 2.45) is 0 Å². The van der Waals surface area contributed by atoms with E-state index in [0.717, 1.165) is 25.1 Å². The molecule has 1 fully saturated rings. The molecule has 1 aromatic heterocycles.